The first-order valence-corrected chi connectivity index (χ1v) is 20.4. The third kappa shape index (κ3) is 5.08. The molecule has 8 aliphatic rings. The van der Waals surface area contributed by atoms with Crippen molar-refractivity contribution in [1.29, 1.82) is 0 Å². The van der Waals surface area contributed by atoms with Gasteiger partial charge >= 0.3 is 11.9 Å². The van der Waals surface area contributed by atoms with Gasteiger partial charge in [0.15, 0.2) is 28.5 Å². The van der Waals surface area contributed by atoms with Crippen molar-refractivity contribution in [1.82, 2.24) is 20.1 Å². The van der Waals surface area contributed by atoms with Gasteiger partial charge in [-0.05, 0) is 50.1 Å². The number of aromatic nitrogens is 1. The molecule has 2 saturated heterocycles. The van der Waals surface area contributed by atoms with Gasteiger partial charge in [0, 0.05) is 78.0 Å². The maximum absolute atomic E-state index is 15.1. The maximum atomic E-state index is 15.1. The summed E-state index contributed by atoms with van der Waals surface area (Å²) in [5.41, 5.74) is 4.01. The molecule has 4 aromatic rings. The number of phenols is 1. The Morgan fingerprint density at radius 3 is 2.65 bits per heavy atom. The molecule has 0 amide bonds. The Morgan fingerprint density at radius 2 is 1.88 bits per heavy atom. The molecule has 14 nitrogen and oxygen atoms in total. The lowest BCUT2D eigenvalue weighted by Gasteiger charge is -2.60. The smallest absolute Gasteiger partial charge is 0.333 e. The highest BCUT2D eigenvalue weighted by Crippen LogP contribution is 2.65. The summed E-state index contributed by atoms with van der Waals surface area (Å²) in [6.07, 6.45) is 0.814. The summed E-state index contributed by atoms with van der Waals surface area (Å²) in [5.74, 6) is 0.896. The van der Waals surface area contributed by atoms with Crippen molar-refractivity contribution in [2.45, 2.75) is 74.3 Å². The Bertz CT molecular complexity index is 2380. The lowest BCUT2D eigenvalue weighted by Crippen LogP contribution is -2.70. The molecule has 4 bridgehead atoms. The van der Waals surface area contributed by atoms with Gasteiger partial charge < -0.3 is 43.6 Å². The Labute approximate surface area is 333 Å². The SMILES string of the molecule is COC[C@H]1Cc2c([nH]c3ccccc23)[C@@]2(CS[C@@H]3c4c(OC(C)=O)c(C)c5c(c4C(COC2=O)N2[C@@H]3C3c4c(cc(C)c(OC)c4O)CC2(O)CN3C)OCO5)N1. The lowest BCUT2D eigenvalue weighted by atomic mass is 9.78. The highest BCUT2D eigenvalue weighted by molar-refractivity contribution is 7.99. The Morgan fingerprint density at radius 1 is 1.09 bits per heavy atom. The standard InChI is InChI=1S/C42H46N4O10S/c1-19-11-22-13-41(50)16-45(4)31(28(22)33(48)34(19)52-6)32-38-30-29(37-36(54-18-55-37)20(2)35(30)56-21(3)47)27(46(32)41)15-53-40(49)42(17-57-38)39-25(12-23(44-42)14-51-5)24-9-7-8-10-26(24)43-39/h7-11,23,27,31-32,38,43-44,48,50H,12-18H2,1-6H3/t23-,27?,31?,32-,38-,41?,42-/m1/s1. The van der Waals surface area contributed by atoms with E-state index < -0.39 is 46.6 Å². The van der Waals surface area contributed by atoms with Gasteiger partial charge in [-0.15, -0.1) is 11.8 Å². The molecule has 4 unspecified atom stereocenters. The summed E-state index contributed by atoms with van der Waals surface area (Å²) in [4.78, 5) is 35.9. The van der Waals surface area contributed by atoms with E-state index in [-0.39, 0.29) is 43.9 Å². The predicted octanol–water partition coefficient (Wildman–Crippen LogP) is 4.20. The van der Waals surface area contributed by atoms with Crippen molar-refractivity contribution in [2.75, 3.05) is 53.6 Å². The van der Waals surface area contributed by atoms with Crippen LogP contribution in [-0.2, 0) is 37.4 Å². The Kier molecular flexibility index (Phi) is 8.39. The molecule has 1 aromatic heterocycles. The van der Waals surface area contributed by atoms with E-state index in [0.717, 1.165) is 33.3 Å². The van der Waals surface area contributed by atoms with Gasteiger partial charge in [0.25, 0.3) is 0 Å². The number of aliphatic hydroxyl groups is 1. The number of esters is 2. The second-order valence-electron chi connectivity index (χ2n) is 16.3. The van der Waals surface area contributed by atoms with Crippen molar-refractivity contribution in [2.24, 2.45) is 0 Å². The molecule has 57 heavy (non-hydrogen) atoms. The fourth-order valence-corrected chi connectivity index (χ4v) is 12.6. The van der Waals surface area contributed by atoms with Crippen LogP contribution in [0.3, 0.4) is 0 Å². The molecule has 9 heterocycles. The fourth-order valence-electron chi connectivity index (χ4n) is 11.0. The number of carbonyl (C=O) groups excluding carboxylic acids is 2. The van der Waals surface area contributed by atoms with E-state index >= 15 is 4.79 Å². The van der Waals surface area contributed by atoms with Crippen LogP contribution in [0.4, 0.5) is 0 Å². The average Bonchev–Trinajstić information content (AvgIpc) is 3.76. The first kappa shape index (κ1) is 36.8. The van der Waals surface area contributed by atoms with E-state index in [1.807, 2.05) is 45.2 Å². The van der Waals surface area contributed by atoms with Crippen molar-refractivity contribution >= 4 is 34.6 Å². The van der Waals surface area contributed by atoms with Crippen LogP contribution in [0.5, 0.6) is 28.7 Å². The topological polar surface area (TPSA) is 164 Å². The summed E-state index contributed by atoms with van der Waals surface area (Å²) < 4.78 is 36.6. The number of rotatable bonds is 4. The number of para-hydroxylation sites is 1. The minimum atomic E-state index is -1.51. The van der Waals surface area contributed by atoms with E-state index in [1.165, 1.54) is 18.7 Å². The molecular weight excluding hydrogens is 753 g/mol. The van der Waals surface area contributed by atoms with Gasteiger partial charge in [0.1, 0.15) is 18.1 Å². The van der Waals surface area contributed by atoms with Crippen molar-refractivity contribution < 1.29 is 48.2 Å². The number of likely N-dealkylation sites (N-methyl/N-ethyl adjacent to an activating group) is 1. The lowest BCUT2D eigenvalue weighted by molar-refractivity contribution is -0.215. The molecule has 4 N–H and O–H groups in total. The van der Waals surface area contributed by atoms with Crippen LogP contribution >= 0.6 is 11.8 Å². The van der Waals surface area contributed by atoms with Crippen LogP contribution in [0.2, 0.25) is 0 Å². The minimum absolute atomic E-state index is 0.0256. The zero-order valence-electron chi connectivity index (χ0n) is 32.7. The fraction of sp³-hybridized carbons (Fsp3) is 0.476. The highest BCUT2D eigenvalue weighted by atomic mass is 32.2. The normalized spacial score (nSPS) is 31.0. The number of hydrogen-bond donors (Lipinski definition) is 4. The summed E-state index contributed by atoms with van der Waals surface area (Å²) in [5, 5.41) is 29.5. The van der Waals surface area contributed by atoms with Gasteiger partial charge in [-0.3, -0.25) is 19.9 Å². The van der Waals surface area contributed by atoms with Gasteiger partial charge in [-0.25, -0.2) is 4.79 Å². The van der Waals surface area contributed by atoms with Crippen molar-refractivity contribution in [3.05, 3.63) is 75.0 Å². The van der Waals surface area contributed by atoms with Crippen molar-refractivity contribution in [3.63, 3.8) is 0 Å². The number of benzene rings is 3. The number of ether oxygens (including phenoxy) is 6. The molecule has 8 atom stereocenters. The number of phenolic OH excluding ortho intramolecular Hbond substituents is 1. The molecule has 15 heteroatoms. The quantitative estimate of drug-likeness (QED) is 0.172. The third-order valence-corrected chi connectivity index (χ3v) is 14.4. The second-order valence-corrected chi connectivity index (χ2v) is 17.4. The highest BCUT2D eigenvalue weighted by Gasteiger charge is 2.64. The number of nitrogens with one attached hydrogen (secondary N) is 2. The van der Waals surface area contributed by atoms with Gasteiger partial charge in [0.05, 0.1) is 36.7 Å². The van der Waals surface area contributed by atoms with Gasteiger partial charge in [-0.1, -0.05) is 24.3 Å². The zero-order chi connectivity index (χ0) is 39.7. The summed E-state index contributed by atoms with van der Waals surface area (Å²) in [6.45, 7) is 5.47. The first-order chi connectivity index (χ1) is 27.4. The Balaban J connectivity index is 1.25. The molecule has 300 valence electrons. The molecule has 3 aromatic carbocycles. The molecule has 2 fully saturated rings. The summed E-state index contributed by atoms with van der Waals surface area (Å²) in [6, 6.07) is 7.99. The number of hydrogen-bond acceptors (Lipinski definition) is 14. The second kappa shape index (κ2) is 13.0. The average molecular weight is 799 g/mol. The third-order valence-electron chi connectivity index (χ3n) is 12.9. The number of thioether (sulfide) groups is 1. The van der Waals surface area contributed by atoms with Crippen LogP contribution in [0, 0.1) is 13.8 Å². The number of nitrogens with zero attached hydrogens (tertiary/aromatic N) is 2. The van der Waals surface area contributed by atoms with E-state index in [2.05, 4.69) is 26.2 Å². The zero-order valence-corrected chi connectivity index (χ0v) is 33.5. The number of aryl methyl sites for hydroxylation is 1. The number of aromatic amines is 1. The summed E-state index contributed by atoms with van der Waals surface area (Å²) in [7, 11) is 5.15. The molecule has 0 aliphatic carbocycles. The minimum Gasteiger partial charge on any atom is -0.504 e. The van der Waals surface area contributed by atoms with Crippen LogP contribution in [0.1, 0.15) is 68.9 Å². The largest absolute Gasteiger partial charge is 0.504 e. The molecule has 12 rings (SSSR count). The number of H-pyrrole nitrogens is 1. The first-order valence-electron chi connectivity index (χ1n) is 19.3. The van der Waals surface area contributed by atoms with E-state index in [1.54, 1.807) is 14.2 Å². The van der Waals surface area contributed by atoms with Crippen LogP contribution < -0.4 is 24.3 Å². The molecular formula is C42H46N4O10S. The number of methoxy groups -OCH3 is 2. The van der Waals surface area contributed by atoms with E-state index in [4.69, 9.17) is 28.4 Å². The van der Waals surface area contributed by atoms with Crippen molar-refractivity contribution in [3.8, 4) is 28.7 Å². The van der Waals surface area contributed by atoms with E-state index in [0.29, 0.717) is 58.3 Å². The number of aromatic hydroxyl groups is 1. The Hall–Kier alpha value is -4.51. The summed E-state index contributed by atoms with van der Waals surface area (Å²) >= 11 is 1.52. The van der Waals surface area contributed by atoms with Gasteiger partial charge in [-0.2, -0.15) is 0 Å². The molecule has 0 saturated carbocycles. The molecule has 1 spiro atoms. The monoisotopic (exact) mass is 798 g/mol. The molecule has 0 radical (unpaired) electrons. The maximum Gasteiger partial charge on any atom is 0.333 e. The van der Waals surface area contributed by atoms with Crippen LogP contribution in [0.15, 0.2) is 30.3 Å². The predicted molar refractivity (Wildman–Crippen MR) is 209 cm³/mol. The number of piperazine rings is 1. The van der Waals surface area contributed by atoms with E-state index in [9.17, 15) is 15.0 Å². The van der Waals surface area contributed by atoms with Crippen LogP contribution in [0.25, 0.3) is 10.9 Å². The van der Waals surface area contributed by atoms with Crippen LogP contribution in [-0.4, -0.2) is 108 Å². The molecule has 8 aliphatic heterocycles. The number of fused-ring (bicyclic) bond motifs is 8. The van der Waals surface area contributed by atoms with Gasteiger partial charge in [0.2, 0.25) is 6.79 Å². The number of carbonyl (C=O) groups is 2.